The Morgan fingerprint density at radius 3 is 3.00 bits per heavy atom. The topological polar surface area (TPSA) is 18.5 Å². The van der Waals surface area contributed by atoms with E-state index in [2.05, 4.69) is 11.8 Å². The molecule has 0 saturated heterocycles. The summed E-state index contributed by atoms with van der Waals surface area (Å²) in [4.78, 5) is 0. The zero-order valence-electron chi connectivity index (χ0n) is 7.69. The Labute approximate surface area is 78.8 Å². The van der Waals surface area contributed by atoms with Gasteiger partial charge in [0.1, 0.15) is 5.75 Å². The average Bonchev–Trinajstić information content (AvgIpc) is 2.19. The highest BCUT2D eigenvalue weighted by Gasteiger charge is 1.90. The molecule has 13 heavy (non-hydrogen) atoms. The van der Waals surface area contributed by atoms with Gasteiger partial charge in [-0.25, -0.2) is 0 Å². The molecule has 1 rings (SSSR count). The summed E-state index contributed by atoms with van der Waals surface area (Å²) in [6.07, 6.45) is 3.87. The van der Waals surface area contributed by atoms with Gasteiger partial charge in [-0.1, -0.05) is 24.3 Å². The normalized spacial score (nSPS) is 10.6. The molecule has 0 bridgehead atoms. The molecule has 1 radical (unpaired) electrons. The quantitative estimate of drug-likeness (QED) is 0.703. The van der Waals surface area contributed by atoms with Crippen LogP contribution in [0, 0.1) is 7.11 Å². The molecular weight excluding hydrogens is 164 g/mol. The van der Waals surface area contributed by atoms with Gasteiger partial charge in [-0.3, -0.25) is 0 Å². The molecule has 2 nitrogen and oxygen atoms in total. The van der Waals surface area contributed by atoms with E-state index in [-0.39, 0.29) is 0 Å². The molecule has 1 aromatic rings. The molecule has 2 heteroatoms. The number of methoxy groups -OCH3 is 1. The molecule has 0 atom stereocenters. The lowest BCUT2D eigenvalue weighted by Gasteiger charge is -1.99. The maximum atomic E-state index is 5.08. The predicted molar refractivity (Wildman–Crippen MR) is 53.3 cm³/mol. The molecule has 69 valence electrons. The monoisotopic (exact) mass is 177 g/mol. The van der Waals surface area contributed by atoms with Gasteiger partial charge in [-0.15, -0.1) is 0 Å². The summed E-state index contributed by atoms with van der Waals surface area (Å²) in [6, 6.07) is 7.82. The Morgan fingerprint density at radius 2 is 2.31 bits per heavy atom. The molecule has 1 aromatic carbocycles. The Morgan fingerprint density at radius 1 is 1.46 bits per heavy atom. The number of hydrogen-bond donors (Lipinski definition) is 0. The molecule has 0 aliphatic heterocycles. The van der Waals surface area contributed by atoms with E-state index < -0.39 is 0 Å². The van der Waals surface area contributed by atoms with Crippen molar-refractivity contribution in [1.82, 2.24) is 0 Å². The second-order valence-electron chi connectivity index (χ2n) is 2.55. The third-order valence-corrected chi connectivity index (χ3v) is 1.62. The summed E-state index contributed by atoms with van der Waals surface area (Å²) in [5, 5.41) is 0. The van der Waals surface area contributed by atoms with Gasteiger partial charge >= 0.3 is 0 Å². The van der Waals surface area contributed by atoms with Crippen LogP contribution in [-0.2, 0) is 4.74 Å². The van der Waals surface area contributed by atoms with Crippen LogP contribution in [0.4, 0.5) is 0 Å². The van der Waals surface area contributed by atoms with Gasteiger partial charge in [0, 0.05) is 0 Å². The fourth-order valence-corrected chi connectivity index (χ4v) is 0.997. The van der Waals surface area contributed by atoms with Crippen molar-refractivity contribution in [2.45, 2.75) is 0 Å². The second-order valence-corrected chi connectivity index (χ2v) is 2.55. The van der Waals surface area contributed by atoms with Gasteiger partial charge in [-0.2, -0.15) is 0 Å². The second kappa shape index (κ2) is 5.38. The maximum Gasteiger partial charge on any atom is 0.119 e. The average molecular weight is 177 g/mol. The fraction of sp³-hybridized carbons (Fsp3) is 0.182. The summed E-state index contributed by atoms with van der Waals surface area (Å²) in [5.74, 6) is 0.859. The molecule has 0 aliphatic rings. The standard InChI is InChI=1S/C11H13O2/c1-12-8-4-6-10-5-3-7-11(9-10)13-2/h3-7,9H,1,8H2,2H3/b6-4+. The van der Waals surface area contributed by atoms with Crippen molar-refractivity contribution in [3.63, 3.8) is 0 Å². The predicted octanol–water partition coefficient (Wildman–Crippen LogP) is 2.52. The van der Waals surface area contributed by atoms with Crippen molar-refractivity contribution in [2.24, 2.45) is 0 Å². The van der Waals surface area contributed by atoms with E-state index in [1.165, 1.54) is 0 Å². The molecule has 0 saturated carbocycles. The number of hydrogen-bond acceptors (Lipinski definition) is 2. The Bertz CT molecular complexity index is 279. The van der Waals surface area contributed by atoms with E-state index in [0.29, 0.717) is 6.61 Å². The summed E-state index contributed by atoms with van der Waals surface area (Å²) < 4.78 is 9.74. The first-order valence-corrected chi connectivity index (χ1v) is 4.04. The smallest absolute Gasteiger partial charge is 0.119 e. The van der Waals surface area contributed by atoms with Crippen LogP contribution in [0.2, 0.25) is 0 Å². The Balaban J connectivity index is 2.66. The van der Waals surface area contributed by atoms with Crippen LogP contribution in [-0.4, -0.2) is 13.7 Å². The third-order valence-electron chi connectivity index (χ3n) is 1.62. The van der Waals surface area contributed by atoms with Crippen molar-refractivity contribution in [1.29, 1.82) is 0 Å². The van der Waals surface area contributed by atoms with Crippen LogP contribution in [0.5, 0.6) is 5.75 Å². The highest BCUT2D eigenvalue weighted by Crippen LogP contribution is 2.13. The van der Waals surface area contributed by atoms with E-state index in [4.69, 9.17) is 4.74 Å². The number of benzene rings is 1. The first-order valence-electron chi connectivity index (χ1n) is 4.04. The lowest BCUT2D eigenvalue weighted by molar-refractivity contribution is 0.282. The van der Waals surface area contributed by atoms with Gasteiger partial charge in [-0.05, 0) is 17.7 Å². The van der Waals surface area contributed by atoms with Crippen molar-refractivity contribution in [2.75, 3.05) is 13.7 Å². The molecule has 0 N–H and O–H groups in total. The highest BCUT2D eigenvalue weighted by atomic mass is 16.5. The van der Waals surface area contributed by atoms with Crippen LogP contribution in [0.1, 0.15) is 5.56 Å². The first kappa shape index (κ1) is 9.81. The van der Waals surface area contributed by atoms with Gasteiger partial charge in [0.05, 0.1) is 20.8 Å². The molecule has 0 unspecified atom stereocenters. The minimum atomic E-state index is 0.525. The number of ether oxygens (including phenoxy) is 2. The van der Waals surface area contributed by atoms with Crippen LogP contribution in [0.25, 0.3) is 6.08 Å². The van der Waals surface area contributed by atoms with Gasteiger partial charge < -0.3 is 9.47 Å². The van der Waals surface area contributed by atoms with Gasteiger partial charge in [0.25, 0.3) is 0 Å². The molecule has 0 fully saturated rings. The zero-order valence-corrected chi connectivity index (χ0v) is 7.69. The highest BCUT2D eigenvalue weighted by molar-refractivity contribution is 5.51. The summed E-state index contributed by atoms with van der Waals surface area (Å²) >= 11 is 0. The minimum Gasteiger partial charge on any atom is -0.497 e. The summed E-state index contributed by atoms with van der Waals surface area (Å²) in [5.41, 5.74) is 1.09. The van der Waals surface area contributed by atoms with Crippen LogP contribution in [0.3, 0.4) is 0 Å². The minimum absolute atomic E-state index is 0.525. The maximum absolute atomic E-state index is 5.08. The largest absolute Gasteiger partial charge is 0.497 e. The molecule has 0 aromatic heterocycles. The molecule has 0 heterocycles. The molecular formula is C11H13O2. The van der Waals surface area contributed by atoms with Crippen molar-refractivity contribution in [3.05, 3.63) is 43.0 Å². The van der Waals surface area contributed by atoms with Crippen molar-refractivity contribution in [3.8, 4) is 5.75 Å². The molecule has 0 spiro atoms. The summed E-state index contributed by atoms with van der Waals surface area (Å²) in [7, 11) is 4.93. The molecule has 0 amide bonds. The van der Waals surface area contributed by atoms with Gasteiger partial charge in [0.2, 0.25) is 0 Å². The van der Waals surface area contributed by atoms with Crippen molar-refractivity contribution < 1.29 is 9.47 Å². The first-order chi connectivity index (χ1) is 6.36. The van der Waals surface area contributed by atoms with Crippen LogP contribution < -0.4 is 4.74 Å². The third kappa shape index (κ3) is 3.30. The Kier molecular flexibility index (Phi) is 4.06. The van der Waals surface area contributed by atoms with E-state index in [1.54, 1.807) is 7.11 Å². The SMILES string of the molecule is [CH2]OC/C=C/c1cccc(OC)c1. The van der Waals surface area contributed by atoms with Crippen LogP contribution >= 0.6 is 0 Å². The number of rotatable bonds is 4. The summed E-state index contributed by atoms with van der Waals surface area (Å²) in [6.45, 7) is 0.525. The zero-order chi connectivity index (χ0) is 9.52. The Hall–Kier alpha value is -1.28. The lowest BCUT2D eigenvalue weighted by Crippen LogP contribution is -1.83. The van der Waals surface area contributed by atoms with E-state index in [0.717, 1.165) is 11.3 Å². The van der Waals surface area contributed by atoms with Crippen molar-refractivity contribution >= 4 is 6.08 Å². The van der Waals surface area contributed by atoms with E-state index in [1.807, 2.05) is 36.4 Å². The van der Waals surface area contributed by atoms with Gasteiger partial charge in [0.15, 0.2) is 0 Å². The van der Waals surface area contributed by atoms with E-state index >= 15 is 0 Å². The molecule has 0 aliphatic carbocycles. The van der Waals surface area contributed by atoms with E-state index in [9.17, 15) is 0 Å². The lowest BCUT2D eigenvalue weighted by atomic mass is 10.2. The van der Waals surface area contributed by atoms with Crippen LogP contribution in [0.15, 0.2) is 30.3 Å². The fourth-order valence-electron chi connectivity index (χ4n) is 0.997.